The first-order valence-corrected chi connectivity index (χ1v) is 7.22. The molecule has 2 aromatic heterocycles. The van der Waals surface area contributed by atoms with Gasteiger partial charge in [0, 0.05) is 16.0 Å². The number of H-pyrrole nitrogens is 1. The monoisotopic (exact) mass is 330 g/mol. The van der Waals surface area contributed by atoms with Gasteiger partial charge in [-0.05, 0) is 12.1 Å². The molecule has 22 heavy (non-hydrogen) atoms. The lowest BCUT2D eigenvalue weighted by Gasteiger charge is -2.02. The van der Waals surface area contributed by atoms with Gasteiger partial charge in [0.05, 0.1) is 10.5 Å². The van der Waals surface area contributed by atoms with Crippen molar-refractivity contribution >= 4 is 39.8 Å². The predicted octanol–water partition coefficient (Wildman–Crippen LogP) is 3.54. The normalized spacial score (nSPS) is 11.4. The molecule has 0 atom stereocenters. The molecule has 0 bridgehead atoms. The Bertz CT molecular complexity index is 1070. The molecule has 2 aromatic carbocycles. The molecular formula is C15H8Cl2N4O. The molecule has 0 aliphatic rings. The van der Waals surface area contributed by atoms with Crippen LogP contribution in [0.5, 0.6) is 0 Å². The van der Waals surface area contributed by atoms with Gasteiger partial charge in [-0.1, -0.05) is 53.5 Å². The number of fused-ring (bicyclic) bond motifs is 3. The summed E-state index contributed by atoms with van der Waals surface area (Å²) in [7, 11) is 0. The second-order valence-electron chi connectivity index (χ2n) is 4.78. The fourth-order valence-corrected chi connectivity index (χ4v) is 2.92. The van der Waals surface area contributed by atoms with E-state index in [4.69, 9.17) is 23.2 Å². The van der Waals surface area contributed by atoms with Crippen molar-refractivity contribution in [3.8, 4) is 11.4 Å². The molecule has 7 heteroatoms. The quantitative estimate of drug-likeness (QED) is 0.580. The summed E-state index contributed by atoms with van der Waals surface area (Å²) in [5.41, 5.74) is 1.34. The fraction of sp³-hybridized carbons (Fsp3) is 0. The number of halogens is 2. The van der Waals surface area contributed by atoms with Gasteiger partial charge in [0.2, 0.25) is 0 Å². The Morgan fingerprint density at radius 3 is 2.64 bits per heavy atom. The minimum Gasteiger partial charge on any atom is -0.304 e. The number of nitrogens with one attached hydrogen (secondary N) is 1. The van der Waals surface area contributed by atoms with E-state index in [0.29, 0.717) is 32.4 Å². The van der Waals surface area contributed by atoms with E-state index in [2.05, 4.69) is 15.1 Å². The number of benzene rings is 2. The van der Waals surface area contributed by atoms with Crippen LogP contribution in [-0.4, -0.2) is 19.6 Å². The van der Waals surface area contributed by atoms with E-state index in [1.54, 1.807) is 12.1 Å². The van der Waals surface area contributed by atoms with Gasteiger partial charge < -0.3 is 4.98 Å². The molecule has 0 spiro atoms. The van der Waals surface area contributed by atoms with Crippen LogP contribution in [0.2, 0.25) is 10.0 Å². The van der Waals surface area contributed by atoms with Crippen LogP contribution in [0.15, 0.2) is 47.3 Å². The molecule has 1 N–H and O–H groups in total. The summed E-state index contributed by atoms with van der Waals surface area (Å²) >= 11 is 12.2. The number of rotatable bonds is 1. The van der Waals surface area contributed by atoms with Gasteiger partial charge in [-0.15, -0.1) is 5.10 Å². The van der Waals surface area contributed by atoms with Crippen molar-refractivity contribution in [3.05, 3.63) is 63.0 Å². The zero-order valence-electron chi connectivity index (χ0n) is 11.0. The van der Waals surface area contributed by atoms with E-state index in [-0.39, 0.29) is 0 Å². The summed E-state index contributed by atoms with van der Waals surface area (Å²) in [5.74, 6) is 0.467. The molecule has 0 saturated carbocycles. The zero-order chi connectivity index (χ0) is 15.3. The van der Waals surface area contributed by atoms with Crippen molar-refractivity contribution in [1.29, 1.82) is 0 Å². The first kappa shape index (κ1) is 13.3. The summed E-state index contributed by atoms with van der Waals surface area (Å²) in [4.78, 5) is 19.4. The summed E-state index contributed by atoms with van der Waals surface area (Å²) < 4.78 is 1.22. The zero-order valence-corrected chi connectivity index (χ0v) is 12.6. The first-order valence-electron chi connectivity index (χ1n) is 6.47. The van der Waals surface area contributed by atoms with Crippen LogP contribution in [0.25, 0.3) is 27.9 Å². The molecular weight excluding hydrogens is 323 g/mol. The van der Waals surface area contributed by atoms with E-state index in [1.807, 2.05) is 30.3 Å². The van der Waals surface area contributed by atoms with Gasteiger partial charge in [-0.3, -0.25) is 0 Å². The summed E-state index contributed by atoms with van der Waals surface area (Å²) in [6.45, 7) is 0. The van der Waals surface area contributed by atoms with Crippen LogP contribution < -0.4 is 5.69 Å². The van der Waals surface area contributed by atoms with Crippen molar-refractivity contribution in [1.82, 2.24) is 19.6 Å². The maximum Gasteiger partial charge on any atom is 0.348 e. The van der Waals surface area contributed by atoms with Crippen LogP contribution in [0.3, 0.4) is 0 Å². The second kappa shape index (κ2) is 4.83. The number of hydrogen-bond acceptors (Lipinski definition) is 3. The van der Waals surface area contributed by atoms with Crippen LogP contribution >= 0.6 is 23.2 Å². The van der Waals surface area contributed by atoms with Gasteiger partial charge in [0.25, 0.3) is 0 Å². The van der Waals surface area contributed by atoms with Gasteiger partial charge in [0.1, 0.15) is 0 Å². The lowest BCUT2D eigenvalue weighted by molar-refractivity contribution is 0.885. The summed E-state index contributed by atoms with van der Waals surface area (Å²) in [5, 5.41) is 5.75. The van der Waals surface area contributed by atoms with Crippen molar-refractivity contribution < 1.29 is 0 Å². The molecule has 2 heterocycles. The minimum atomic E-state index is -0.401. The lowest BCUT2D eigenvalue weighted by Crippen LogP contribution is -2.17. The Morgan fingerprint density at radius 1 is 1.09 bits per heavy atom. The van der Waals surface area contributed by atoms with Crippen LogP contribution in [0.4, 0.5) is 0 Å². The number of hydrogen-bond donors (Lipinski definition) is 1. The van der Waals surface area contributed by atoms with E-state index >= 15 is 0 Å². The Kier molecular flexibility index (Phi) is 2.92. The highest BCUT2D eigenvalue weighted by atomic mass is 35.5. The molecule has 4 aromatic rings. The van der Waals surface area contributed by atoms with E-state index < -0.39 is 5.69 Å². The topological polar surface area (TPSA) is 63.0 Å². The molecule has 0 aliphatic carbocycles. The molecule has 0 saturated heterocycles. The van der Waals surface area contributed by atoms with Gasteiger partial charge in [0.15, 0.2) is 11.5 Å². The smallest absolute Gasteiger partial charge is 0.304 e. The third kappa shape index (κ3) is 1.98. The summed E-state index contributed by atoms with van der Waals surface area (Å²) in [6.07, 6.45) is 0. The third-order valence-corrected chi connectivity index (χ3v) is 3.88. The maximum absolute atomic E-state index is 12.2. The highest BCUT2D eigenvalue weighted by Crippen LogP contribution is 2.28. The number of nitrogens with zero attached hydrogens (tertiary/aromatic N) is 3. The lowest BCUT2D eigenvalue weighted by atomic mass is 10.2. The standard InChI is InChI=1S/C15H8Cl2N4O/c16-9-6-10-12(11(17)7-9)18-15(22)21-14(10)19-13(20-21)8-4-2-1-3-5-8/h1-7H,(H,18,22). The third-order valence-electron chi connectivity index (χ3n) is 3.36. The van der Waals surface area contributed by atoms with Crippen molar-refractivity contribution in [2.24, 2.45) is 0 Å². The van der Waals surface area contributed by atoms with Gasteiger partial charge in [-0.25, -0.2) is 9.78 Å². The highest BCUT2D eigenvalue weighted by Gasteiger charge is 2.14. The average Bonchev–Trinajstić information content (AvgIpc) is 2.96. The van der Waals surface area contributed by atoms with Crippen molar-refractivity contribution in [2.45, 2.75) is 0 Å². The maximum atomic E-state index is 12.2. The molecule has 0 radical (unpaired) electrons. The highest BCUT2D eigenvalue weighted by molar-refractivity contribution is 6.38. The molecule has 0 amide bonds. The molecule has 108 valence electrons. The van der Waals surface area contributed by atoms with Crippen LogP contribution in [0.1, 0.15) is 0 Å². The van der Waals surface area contributed by atoms with Crippen molar-refractivity contribution in [2.75, 3.05) is 0 Å². The number of aromatic amines is 1. The summed E-state index contributed by atoms with van der Waals surface area (Å²) in [6, 6.07) is 12.7. The SMILES string of the molecule is O=c1[nH]c2c(Cl)cc(Cl)cc2c2nc(-c3ccccc3)nn12. The van der Waals surface area contributed by atoms with E-state index in [0.717, 1.165) is 5.56 Å². The molecule has 5 nitrogen and oxygen atoms in total. The average molecular weight is 331 g/mol. The van der Waals surface area contributed by atoms with Gasteiger partial charge >= 0.3 is 5.69 Å². The molecule has 0 unspecified atom stereocenters. The largest absolute Gasteiger partial charge is 0.348 e. The Morgan fingerprint density at radius 2 is 1.86 bits per heavy atom. The van der Waals surface area contributed by atoms with Crippen molar-refractivity contribution in [3.63, 3.8) is 0 Å². The Hall–Kier alpha value is -2.37. The predicted molar refractivity (Wildman–Crippen MR) is 86.6 cm³/mol. The molecule has 0 fully saturated rings. The van der Waals surface area contributed by atoms with Crippen LogP contribution in [0, 0.1) is 0 Å². The van der Waals surface area contributed by atoms with Crippen LogP contribution in [-0.2, 0) is 0 Å². The Labute approximate surface area is 134 Å². The second-order valence-corrected chi connectivity index (χ2v) is 5.62. The van der Waals surface area contributed by atoms with E-state index in [1.165, 1.54) is 4.52 Å². The first-order chi connectivity index (χ1) is 10.6. The Balaban J connectivity index is 2.13. The van der Waals surface area contributed by atoms with E-state index in [9.17, 15) is 4.79 Å². The minimum absolute atomic E-state index is 0.367. The number of aromatic nitrogens is 4. The molecule has 4 rings (SSSR count). The fourth-order valence-electron chi connectivity index (χ4n) is 2.37. The molecule has 0 aliphatic heterocycles. The van der Waals surface area contributed by atoms with Gasteiger partial charge in [-0.2, -0.15) is 4.52 Å².